The van der Waals surface area contributed by atoms with Gasteiger partial charge in [-0.15, -0.1) is 0 Å². The Morgan fingerprint density at radius 3 is 2.79 bits per heavy atom. The van der Waals surface area contributed by atoms with E-state index in [1.165, 1.54) is 0 Å². The lowest BCUT2D eigenvalue weighted by molar-refractivity contribution is -0.120. The molecule has 3 aromatic heterocycles. The minimum absolute atomic E-state index is 0.0575. The number of rotatable bonds is 4. The number of carbonyl (C=O) groups excluding carboxylic acids is 2. The fraction of sp³-hybridized carbons (Fsp3) is 0.160. The van der Waals surface area contributed by atoms with Gasteiger partial charge >= 0.3 is 0 Å². The molecule has 2 amide bonds. The van der Waals surface area contributed by atoms with Crippen molar-refractivity contribution in [1.29, 1.82) is 0 Å². The lowest BCUT2D eigenvalue weighted by Gasteiger charge is -2.20. The number of amides is 2. The van der Waals surface area contributed by atoms with Gasteiger partial charge < -0.3 is 15.2 Å². The molecule has 1 unspecified atom stereocenters. The first-order valence-electron chi connectivity index (χ1n) is 10.7. The average molecular weight is 437 g/mol. The molecule has 1 spiro atoms. The SMILES string of the molecule is O=C(NCc1cc(-c2ccccc2)no1)c1cc2c(cn1)CC1(C2)C(=O)Nc2ncccc21. The third-order valence-corrected chi connectivity index (χ3v) is 6.34. The summed E-state index contributed by atoms with van der Waals surface area (Å²) in [7, 11) is 0. The molecule has 4 aromatic rings. The van der Waals surface area contributed by atoms with Crippen LogP contribution in [0.5, 0.6) is 0 Å². The summed E-state index contributed by atoms with van der Waals surface area (Å²) in [5.74, 6) is 0.796. The van der Waals surface area contributed by atoms with Crippen LogP contribution in [0.15, 0.2) is 71.5 Å². The van der Waals surface area contributed by atoms with Crippen molar-refractivity contribution in [2.75, 3.05) is 5.32 Å². The first-order chi connectivity index (χ1) is 16.1. The smallest absolute Gasteiger partial charge is 0.270 e. The van der Waals surface area contributed by atoms with E-state index in [9.17, 15) is 9.59 Å². The second kappa shape index (κ2) is 7.37. The molecule has 0 saturated carbocycles. The molecule has 0 fully saturated rings. The molecule has 162 valence electrons. The van der Waals surface area contributed by atoms with Crippen molar-refractivity contribution in [2.45, 2.75) is 24.8 Å². The molecular formula is C25H19N5O3. The van der Waals surface area contributed by atoms with Gasteiger partial charge in [0.25, 0.3) is 5.91 Å². The van der Waals surface area contributed by atoms with Crippen molar-refractivity contribution in [1.82, 2.24) is 20.4 Å². The number of carbonyl (C=O) groups is 2. The Bertz CT molecular complexity index is 1400. The van der Waals surface area contributed by atoms with Crippen molar-refractivity contribution in [3.8, 4) is 11.3 Å². The summed E-state index contributed by atoms with van der Waals surface area (Å²) in [6.45, 7) is 0.197. The summed E-state index contributed by atoms with van der Waals surface area (Å²) >= 11 is 0. The summed E-state index contributed by atoms with van der Waals surface area (Å²) in [5, 5.41) is 9.79. The molecule has 2 aliphatic rings. The van der Waals surface area contributed by atoms with E-state index in [1.54, 1.807) is 24.5 Å². The van der Waals surface area contributed by atoms with Crippen LogP contribution in [0, 0.1) is 0 Å². The summed E-state index contributed by atoms with van der Waals surface area (Å²) < 4.78 is 5.35. The number of hydrogen-bond acceptors (Lipinski definition) is 6. The van der Waals surface area contributed by atoms with E-state index in [0.29, 0.717) is 35.8 Å². The van der Waals surface area contributed by atoms with Gasteiger partial charge in [0.1, 0.15) is 17.2 Å². The second-order valence-electron chi connectivity index (χ2n) is 8.35. The number of fused-ring (bicyclic) bond motifs is 3. The van der Waals surface area contributed by atoms with E-state index in [2.05, 4.69) is 25.8 Å². The lowest BCUT2D eigenvalue weighted by Crippen LogP contribution is -2.35. The normalized spacial score (nSPS) is 18.1. The van der Waals surface area contributed by atoms with Crippen molar-refractivity contribution >= 4 is 17.6 Å². The van der Waals surface area contributed by atoms with Crippen LogP contribution in [0.1, 0.15) is 32.9 Å². The maximum atomic E-state index is 12.8. The van der Waals surface area contributed by atoms with Gasteiger partial charge in [0, 0.05) is 29.6 Å². The summed E-state index contributed by atoms with van der Waals surface area (Å²) in [6, 6.07) is 17.0. The third kappa shape index (κ3) is 3.18. The Kier molecular flexibility index (Phi) is 4.33. The molecule has 1 atom stereocenters. The molecule has 1 aliphatic carbocycles. The van der Waals surface area contributed by atoms with E-state index < -0.39 is 5.41 Å². The minimum atomic E-state index is -0.684. The standard InChI is InChI=1S/C25H19N5O3/c31-23(28-14-18-10-20(30-33-18)15-5-2-1-3-6-15)21-9-16-11-25(12-17(16)13-27-21)19-7-4-8-26-22(19)29-24(25)32/h1-10,13H,11-12,14H2,(H,28,31)(H,26,29,32). The Balaban J connectivity index is 1.17. The first-order valence-corrected chi connectivity index (χ1v) is 10.7. The predicted octanol–water partition coefficient (Wildman–Crippen LogP) is 3.05. The maximum Gasteiger partial charge on any atom is 0.270 e. The number of pyridine rings is 2. The Morgan fingerprint density at radius 1 is 1.06 bits per heavy atom. The molecule has 0 saturated heterocycles. The van der Waals surface area contributed by atoms with Gasteiger partial charge in [0.2, 0.25) is 5.91 Å². The van der Waals surface area contributed by atoms with Crippen molar-refractivity contribution < 1.29 is 14.1 Å². The quantitative estimate of drug-likeness (QED) is 0.508. The Morgan fingerprint density at radius 2 is 1.91 bits per heavy atom. The minimum Gasteiger partial charge on any atom is -0.359 e. The van der Waals surface area contributed by atoms with Gasteiger partial charge in [-0.1, -0.05) is 41.6 Å². The molecule has 1 aliphatic heterocycles. The molecule has 4 heterocycles. The zero-order chi connectivity index (χ0) is 22.4. The maximum absolute atomic E-state index is 12.8. The zero-order valence-corrected chi connectivity index (χ0v) is 17.5. The van der Waals surface area contributed by atoms with Crippen molar-refractivity contribution in [3.63, 3.8) is 0 Å². The molecular weight excluding hydrogens is 418 g/mol. The number of hydrogen-bond donors (Lipinski definition) is 2. The van der Waals surface area contributed by atoms with Crippen LogP contribution >= 0.6 is 0 Å². The highest BCUT2D eigenvalue weighted by Crippen LogP contribution is 2.46. The number of aromatic nitrogens is 3. The molecule has 6 rings (SSSR count). The van der Waals surface area contributed by atoms with Crippen LogP contribution in [0.2, 0.25) is 0 Å². The van der Waals surface area contributed by atoms with Gasteiger partial charge in [0.15, 0.2) is 5.76 Å². The van der Waals surface area contributed by atoms with E-state index in [-0.39, 0.29) is 18.4 Å². The van der Waals surface area contributed by atoms with Gasteiger partial charge in [-0.2, -0.15) is 0 Å². The van der Waals surface area contributed by atoms with Gasteiger partial charge in [-0.05, 0) is 36.1 Å². The number of anilines is 1. The van der Waals surface area contributed by atoms with Gasteiger partial charge in [-0.25, -0.2) is 4.98 Å². The number of nitrogens with zero attached hydrogens (tertiary/aromatic N) is 3. The highest BCUT2D eigenvalue weighted by molar-refractivity contribution is 6.06. The topological polar surface area (TPSA) is 110 Å². The van der Waals surface area contributed by atoms with Crippen LogP contribution in [0.25, 0.3) is 11.3 Å². The molecule has 1 aromatic carbocycles. The number of benzene rings is 1. The second-order valence-corrected chi connectivity index (χ2v) is 8.35. The summed E-state index contributed by atoms with van der Waals surface area (Å²) in [5.41, 5.74) is 4.10. The predicted molar refractivity (Wildman–Crippen MR) is 119 cm³/mol. The fourth-order valence-electron chi connectivity index (χ4n) is 4.68. The first kappa shape index (κ1) is 19.4. The Labute approximate surface area is 189 Å². The monoisotopic (exact) mass is 437 g/mol. The average Bonchev–Trinajstić information content (AvgIpc) is 3.54. The van der Waals surface area contributed by atoms with Crippen LogP contribution < -0.4 is 10.6 Å². The van der Waals surface area contributed by atoms with E-state index in [0.717, 1.165) is 22.3 Å². The largest absolute Gasteiger partial charge is 0.359 e. The molecule has 2 N–H and O–H groups in total. The van der Waals surface area contributed by atoms with Crippen LogP contribution in [0.3, 0.4) is 0 Å². The van der Waals surface area contributed by atoms with Crippen molar-refractivity contribution in [2.24, 2.45) is 0 Å². The Hall–Kier alpha value is -4.33. The highest BCUT2D eigenvalue weighted by atomic mass is 16.5. The number of nitrogens with one attached hydrogen (secondary N) is 2. The van der Waals surface area contributed by atoms with E-state index in [4.69, 9.17) is 4.52 Å². The summed E-state index contributed by atoms with van der Waals surface area (Å²) in [4.78, 5) is 34.2. The fourth-order valence-corrected chi connectivity index (χ4v) is 4.68. The van der Waals surface area contributed by atoms with Crippen LogP contribution in [0.4, 0.5) is 5.82 Å². The zero-order valence-electron chi connectivity index (χ0n) is 17.5. The molecule has 8 heteroatoms. The van der Waals surface area contributed by atoms with E-state index >= 15 is 0 Å². The third-order valence-electron chi connectivity index (χ3n) is 6.34. The summed E-state index contributed by atoms with van der Waals surface area (Å²) in [6.07, 6.45) is 4.42. The molecule has 0 bridgehead atoms. The van der Waals surface area contributed by atoms with Crippen molar-refractivity contribution in [3.05, 3.63) is 95.1 Å². The van der Waals surface area contributed by atoms with E-state index in [1.807, 2.05) is 42.5 Å². The molecule has 0 radical (unpaired) electrons. The highest BCUT2D eigenvalue weighted by Gasteiger charge is 2.51. The molecule has 33 heavy (non-hydrogen) atoms. The van der Waals surface area contributed by atoms with Gasteiger partial charge in [-0.3, -0.25) is 14.6 Å². The lowest BCUT2D eigenvalue weighted by atomic mass is 9.79. The van der Waals surface area contributed by atoms with Crippen LogP contribution in [-0.4, -0.2) is 26.9 Å². The molecule has 8 nitrogen and oxygen atoms in total. The van der Waals surface area contributed by atoms with Crippen LogP contribution in [-0.2, 0) is 29.6 Å². The van der Waals surface area contributed by atoms with Gasteiger partial charge in [0.05, 0.1) is 12.0 Å².